The third kappa shape index (κ3) is 2.47. The van der Waals surface area contributed by atoms with Gasteiger partial charge >= 0.3 is 5.97 Å². The van der Waals surface area contributed by atoms with E-state index in [0.717, 1.165) is 11.4 Å². The van der Waals surface area contributed by atoms with Crippen LogP contribution in [-0.2, 0) is 27.3 Å². The van der Waals surface area contributed by atoms with Crippen molar-refractivity contribution in [3.8, 4) is 0 Å². The maximum atomic E-state index is 12.5. The quantitative estimate of drug-likeness (QED) is 0.765. The van der Waals surface area contributed by atoms with E-state index in [1.54, 1.807) is 11.2 Å². The molecule has 2 heterocycles. The number of rotatable bonds is 1. The molecule has 0 aliphatic carbocycles. The average Bonchev–Trinajstić information content (AvgIpc) is 2.81. The number of amides is 1. The van der Waals surface area contributed by atoms with Gasteiger partial charge in [0.05, 0.1) is 31.4 Å². The molecule has 19 heavy (non-hydrogen) atoms. The number of ether oxygens (including phenoxy) is 1. The Morgan fingerprint density at radius 2 is 2.16 bits per heavy atom. The second-order valence-electron chi connectivity index (χ2n) is 5.75. The Labute approximate surface area is 112 Å². The molecular weight excluding hydrogens is 246 g/mol. The Hall–Kier alpha value is -1.85. The lowest BCUT2D eigenvalue weighted by Crippen LogP contribution is -2.52. The van der Waals surface area contributed by atoms with Crippen molar-refractivity contribution in [1.29, 1.82) is 0 Å². The van der Waals surface area contributed by atoms with Crippen LogP contribution in [0.2, 0.25) is 0 Å². The maximum Gasteiger partial charge on any atom is 0.329 e. The van der Waals surface area contributed by atoms with Crippen molar-refractivity contribution in [1.82, 2.24) is 14.9 Å². The number of carbonyl (C=O) groups excluding carboxylic acids is 2. The van der Waals surface area contributed by atoms with Crippen LogP contribution in [0.4, 0.5) is 0 Å². The molecule has 1 aromatic heterocycles. The maximum absolute atomic E-state index is 12.5. The van der Waals surface area contributed by atoms with Crippen molar-refractivity contribution in [2.45, 2.75) is 39.8 Å². The highest BCUT2D eigenvalue weighted by Crippen LogP contribution is 2.27. The Kier molecular flexibility index (Phi) is 3.34. The molecule has 104 valence electrons. The minimum Gasteiger partial charge on any atom is -0.467 e. The molecule has 0 fully saturated rings. The van der Waals surface area contributed by atoms with Crippen LogP contribution in [0.3, 0.4) is 0 Å². The first-order valence-corrected chi connectivity index (χ1v) is 6.24. The standard InChI is InChI=1S/C13H19N3O3/c1-13(2,3)12(18)16-6-9-8(14-7-15-9)5-10(16)11(17)19-4/h7,10H,5-6H2,1-4H3,(H,14,15). The van der Waals surface area contributed by atoms with Crippen molar-refractivity contribution >= 4 is 11.9 Å². The number of hydrogen-bond donors (Lipinski definition) is 1. The number of methoxy groups -OCH3 is 1. The molecule has 0 saturated heterocycles. The van der Waals surface area contributed by atoms with Crippen LogP contribution < -0.4 is 0 Å². The third-order valence-electron chi connectivity index (χ3n) is 3.27. The van der Waals surface area contributed by atoms with Crippen molar-refractivity contribution in [3.05, 3.63) is 17.7 Å². The summed E-state index contributed by atoms with van der Waals surface area (Å²) >= 11 is 0. The Bertz CT molecular complexity index is 501. The summed E-state index contributed by atoms with van der Waals surface area (Å²) in [5, 5.41) is 0. The van der Waals surface area contributed by atoms with E-state index in [-0.39, 0.29) is 5.91 Å². The second-order valence-corrected chi connectivity index (χ2v) is 5.75. The van der Waals surface area contributed by atoms with Gasteiger partial charge in [0.2, 0.25) is 5.91 Å². The van der Waals surface area contributed by atoms with Gasteiger partial charge in [0.15, 0.2) is 0 Å². The third-order valence-corrected chi connectivity index (χ3v) is 3.27. The number of H-pyrrole nitrogens is 1. The number of fused-ring (bicyclic) bond motifs is 1. The summed E-state index contributed by atoms with van der Waals surface area (Å²) in [4.78, 5) is 33.1. The Morgan fingerprint density at radius 3 is 2.74 bits per heavy atom. The lowest BCUT2D eigenvalue weighted by molar-refractivity contribution is -0.157. The van der Waals surface area contributed by atoms with Crippen LogP contribution in [0.15, 0.2) is 6.33 Å². The van der Waals surface area contributed by atoms with Gasteiger partial charge in [0.1, 0.15) is 6.04 Å². The molecule has 1 aliphatic heterocycles. The molecule has 0 bridgehead atoms. The zero-order valence-electron chi connectivity index (χ0n) is 11.7. The highest BCUT2D eigenvalue weighted by atomic mass is 16.5. The lowest BCUT2D eigenvalue weighted by Gasteiger charge is -2.37. The smallest absolute Gasteiger partial charge is 0.329 e. The summed E-state index contributed by atoms with van der Waals surface area (Å²) in [6.07, 6.45) is 1.98. The van der Waals surface area contributed by atoms with Gasteiger partial charge in [0.25, 0.3) is 0 Å². The van der Waals surface area contributed by atoms with E-state index in [0.29, 0.717) is 13.0 Å². The Balaban J connectivity index is 2.34. The number of imidazole rings is 1. The summed E-state index contributed by atoms with van der Waals surface area (Å²) < 4.78 is 4.80. The van der Waals surface area contributed by atoms with Crippen molar-refractivity contribution in [2.75, 3.05) is 7.11 Å². The molecule has 2 rings (SSSR count). The van der Waals surface area contributed by atoms with Crippen LogP contribution in [-0.4, -0.2) is 39.9 Å². The van der Waals surface area contributed by atoms with E-state index in [2.05, 4.69) is 9.97 Å². The summed E-state index contributed by atoms with van der Waals surface area (Å²) in [5.41, 5.74) is 1.18. The molecular formula is C13H19N3O3. The fourth-order valence-corrected chi connectivity index (χ4v) is 2.23. The number of aromatic nitrogens is 2. The fourth-order valence-electron chi connectivity index (χ4n) is 2.23. The first-order valence-electron chi connectivity index (χ1n) is 6.24. The molecule has 0 spiro atoms. The monoisotopic (exact) mass is 265 g/mol. The normalized spacial score (nSPS) is 18.9. The van der Waals surface area contributed by atoms with Crippen molar-refractivity contribution in [3.63, 3.8) is 0 Å². The topological polar surface area (TPSA) is 75.3 Å². The van der Waals surface area contributed by atoms with Crippen LogP contribution in [0, 0.1) is 5.41 Å². The van der Waals surface area contributed by atoms with Crippen LogP contribution in [0.1, 0.15) is 32.2 Å². The van der Waals surface area contributed by atoms with Gasteiger partial charge in [-0.15, -0.1) is 0 Å². The lowest BCUT2D eigenvalue weighted by atomic mass is 9.91. The number of nitrogens with zero attached hydrogens (tertiary/aromatic N) is 2. The SMILES string of the molecule is COC(=O)C1Cc2nc[nH]c2CN1C(=O)C(C)(C)C. The highest BCUT2D eigenvalue weighted by Gasteiger charge is 2.40. The largest absolute Gasteiger partial charge is 0.467 e. The van der Waals surface area contributed by atoms with E-state index in [1.807, 2.05) is 20.8 Å². The first kappa shape index (κ1) is 13.6. The number of hydrogen-bond acceptors (Lipinski definition) is 4. The van der Waals surface area contributed by atoms with E-state index in [9.17, 15) is 9.59 Å². The summed E-state index contributed by atoms with van der Waals surface area (Å²) in [5.74, 6) is -0.464. The molecule has 0 aromatic carbocycles. The van der Waals surface area contributed by atoms with Crippen LogP contribution in [0.5, 0.6) is 0 Å². The van der Waals surface area contributed by atoms with E-state index < -0.39 is 17.4 Å². The molecule has 1 amide bonds. The van der Waals surface area contributed by atoms with Gasteiger partial charge < -0.3 is 14.6 Å². The Morgan fingerprint density at radius 1 is 1.47 bits per heavy atom. The molecule has 0 saturated carbocycles. The molecule has 1 N–H and O–H groups in total. The fraction of sp³-hybridized carbons (Fsp3) is 0.615. The molecule has 1 atom stereocenters. The molecule has 1 unspecified atom stereocenters. The molecule has 6 nitrogen and oxygen atoms in total. The number of aromatic amines is 1. The van der Waals surface area contributed by atoms with Gasteiger partial charge in [-0.25, -0.2) is 9.78 Å². The van der Waals surface area contributed by atoms with Crippen LogP contribution in [0.25, 0.3) is 0 Å². The molecule has 0 radical (unpaired) electrons. The van der Waals surface area contributed by atoms with E-state index >= 15 is 0 Å². The van der Waals surface area contributed by atoms with Crippen molar-refractivity contribution in [2.24, 2.45) is 5.41 Å². The van der Waals surface area contributed by atoms with Gasteiger partial charge in [-0.05, 0) is 0 Å². The van der Waals surface area contributed by atoms with E-state index in [4.69, 9.17) is 4.74 Å². The number of esters is 1. The molecule has 1 aliphatic rings. The van der Waals surface area contributed by atoms with Gasteiger partial charge in [-0.1, -0.05) is 20.8 Å². The summed E-state index contributed by atoms with van der Waals surface area (Å²) in [6, 6.07) is -0.590. The zero-order chi connectivity index (χ0) is 14.2. The molecule has 1 aromatic rings. The van der Waals surface area contributed by atoms with Gasteiger partial charge in [0, 0.05) is 11.8 Å². The minimum absolute atomic E-state index is 0.0665. The summed E-state index contributed by atoms with van der Waals surface area (Å²) in [7, 11) is 1.34. The zero-order valence-corrected chi connectivity index (χ0v) is 11.7. The van der Waals surface area contributed by atoms with Crippen molar-refractivity contribution < 1.29 is 14.3 Å². The average molecular weight is 265 g/mol. The summed E-state index contributed by atoms with van der Waals surface area (Å²) in [6.45, 7) is 5.88. The molecule has 6 heteroatoms. The number of carbonyl (C=O) groups is 2. The number of nitrogens with one attached hydrogen (secondary N) is 1. The first-order chi connectivity index (χ1) is 8.84. The predicted molar refractivity (Wildman–Crippen MR) is 68.1 cm³/mol. The highest BCUT2D eigenvalue weighted by molar-refractivity contribution is 5.88. The predicted octanol–water partition coefficient (Wildman–Crippen LogP) is 0.882. The van der Waals surface area contributed by atoms with Gasteiger partial charge in [-0.3, -0.25) is 4.79 Å². The van der Waals surface area contributed by atoms with Crippen LogP contribution >= 0.6 is 0 Å². The van der Waals surface area contributed by atoms with E-state index in [1.165, 1.54) is 7.11 Å². The second kappa shape index (κ2) is 4.68. The minimum atomic E-state index is -0.590. The van der Waals surface area contributed by atoms with Gasteiger partial charge in [-0.2, -0.15) is 0 Å².